The number of nitrogens with one attached hydrogen (secondary N) is 1. The molecule has 0 saturated carbocycles. The molecule has 0 spiro atoms. The van der Waals surface area contributed by atoms with Crippen molar-refractivity contribution >= 4 is 5.97 Å². The highest BCUT2D eigenvalue weighted by molar-refractivity contribution is 5.77. The van der Waals surface area contributed by atoms with Gasteiger partial charge in [-0.2, -0.15) is 0 Å². The number of phenolic OH excluding ortho intramolecular Hbond substituents is 1. The lowest BCUT2D eigenvalue weighted by Gasteiger charge is -2.32. The molecule has 0 aliphatic carbocycles. The Bertz CT molecular complexity index is 715. The number of hydrogen-bond acceptors (Lipinski definition) is 4. The van der Waals surface area contributed by atoms with Crippen molar-refractivity contribution < 1.29 is 14.6 Å². The van der Waals surface area contributed by atoms with Crippen molar-refractivity contribution in [1.29, 1.82) is 0 Å². The number of aromatic hydroxyl groups is 1. The fourth-order valence-electron chi connectivity index (χ4n) is 2.80. The Labute approximate surface area is 156 Å². The fraction of sp³-hybridized carbons (Fsp3) is 0.409. The summed E-state index contributed by atoms with van der Waals surface area (Å²) in [6.45, 7) is 9.86. The fourth-order valence-corrected chi connectivity index (χ4v) is 2.80. The van der Waals surface area contributed by atoms with Crippen LogP contribution >= 0.6 is 0 Å². The van der Waals surface area contributed by atoms with Crippen LogP contribution in [-0.2, 0) is 21.6 Å². The second-order valence-electron chi connectivity index (χ2n) is 8.11. The Morgan fingerprint density at radius 2 is 1.58 bits per heavy atom. The highest BCUT2D eigenvalue weighted by Crippen LogP contribution is 2.25. The quantitative estimate of drug-likeness (QED) is 0.764. The average molecular weight is 355 g/mol. The van der Waals surface area contributed by atoms with Crippen LogP contribution in [0.15, 0.2) is 54.6 Å². The molecule has 0 aliphatic heterocycles. The van der Waals surface area contributed by atoms with Crippen LogP contribution in [0.4, 0.5) is 0 Å². The summed E-state index contributed by atoms with van der Waals surface area (Å²) in [5.74, 6) is -0.0799. The van der Waals surface area contributed by atoms with Gasteiger partial charge in [-0.15, -0.1) is 0 Å². The molecule has 2 aromatic rings. The van der Waals surface area contributed by atoms with Crippen LogP contribution in [0.3, 0.4) is 0 Å². The van der Waals surface area contributed by atoms with Gasteiger partial charge in [0.05, 0.1) is 0 Å². The smallest absolute Gasteiger partial charge is 0.324 e. The molecule has 2 aromatic carbocycles. The number of benzene rings is 2. The summed E-state index contributed by atoms with van der Waals surface area (Å²) >= 11 is 0. The first-order chi connectivity index (χ1) is 12.1. The second kappa shape index (κ2) is 7.92. The lowest BCUT2D eigenvalue weighted by molar-refractivity contribution is -0.160. The van der Waals surface area contributed by atoms with Crippen LogP contribution < -0.4 is 5.32 Å². The van der Waals surface area contributed by atoms with Crippen molar-refractivity contribution in [2.24, 2.45) is 0 Å². The molecule has 26 heavy (non-hydrogen) atoms. The van der Waals surface area contributed by atoms with Gasteiger partial charge in [0.25, 0.3) is 0 Å². The maximum Gasteiger partial charge on any atom is 0.324 e. The molecule has 0 aromatic heterocycles. The SMILES string of the molecule is CC(C)(C)N[C@@H](Cc1ccc(O)cc1)C(=O)OC(C)(C)c1ccccc1. The van der Waals surface area contributed by atoms with Gasteiger partial charge in [-0.25, -0.2) is 0 Å². The predicted octanol–water partition coefficient (Wildman–Crippen LogP) is 4.17. The van der Waals surface area contributed by atoms with Crippen LogP contribution in [0.5, 0.6) is 5.75 Å². The van der Waals surface area contributed by atoms with E-state index < -0.39 is 11.6 Å². The molecule has 0 fully saturated rings. The van der Waals surface area contributed by atoms with Crippen LogP contribution in [0.1, 0.15) is 45.7 Å². The highest BCUT2D eigenvalue weighted by atomic mass is 16.6. The first-order valence-electron chi connectivity index (χ1n) is 8.91. The number of rotatable bonds is 6. The molecular weight excluding hydrogens is 326 g/mol. The van der Waals surface area contributed by atoms with Crippen molar-refractivity contribution in [1.82, 2.24) is 5.32 Å². The lowest BCUT2D eigenvalue weighted by atomic mass is 9.97. The minimum Gasteiger partial charge on any atom is -0.508 e. The molecule has 0 unspecified atom stereocenters. The van der Waals surface area contributed by atoms with Crippen molar-refractivity contribution in [2.75, 3.05) is 0 Å². The largest absolute Gasteiger partial charge is 0.508 e. The number of ether oxygens (including phenoxy) is 1. The predicted molar refractivity (Wildman–Crippen MR) is 104 cm³/mol. The van der Waals surface area contributed by atoms with E-state index in [1.54, 1.807) is 12.1 Å². The summed E-state index contributed by atoms with van der Waals surface area (Å²) in [4.78, 5) is 12.9. The molecule has 1 atom stereocenters. The molecule has 140 valence electrons. The molecule has 0 aliphatic rings. The van der Waals surface area contributed by atoms with E-state index in [1.807, 2.05) is 77.1 Å². The minimum atomic E-state index is -0.717. The normalized spacial score (nSPS) is 13.3. The number of esters is 1. The van der Waals surface area contributed by atoms with Gasteiger partial charge in [-0.3, -0.25) is 10.1 Å². The van der Waals surface area contributed by atoms with Gasteiger partial charge in [-0.05, 0) is 64.3 Å². The third-order valence-corrected chi connectivity index (χ3v) is 4.09. The first kappa shape index (κ1) is 20.0. The molecule has 2 rings (SSSR count). The monoisotopic (exact) mass is 355 g/mol. The van der Waals surface area contributed by atoms with E-state index >= 15 is 0 Å². The second-order valence-corrected chi connectivity index (χ2v) is 8.11. The van der Waals surface area contributed by atoms with Gasteiger partial charge in [0, 0.05) is 5.54 Å². The van der Waals surface area contributed by atoms with Gasteiger partial charge in [0.1, 0.15) is 17.4 Å². The Hall–Kier alpha value is -2.33. The maximum absolute atomic E-state index is 12.9. The number of hydrogen-bond donors (Lipinski definition) is 2. The van der Waals surface area contributed by atoms with E-state index in [9.17, 15) is 9.90 Å². The summed E-state index contributed by atoms with van der Waals surface area (Å²) < 4.78 is 5.88. The molecule has 2 N–H and O–H groups in total. The highest BCUT2D eigenvalue weighted by Gasteiger charge is 2.31. The number of carbonyl (C=O) groups excluding carboxylic acids is 1. The first-order valence-corrected chi connectivity index (χ1v) is 8.91. The third kappa shape index (κ3) is 5.88. The molecule has 0 amide bonds. The summed E-state index contributed by atoms with van der Waals surface area (Å²) in [5, 5.41) is 12.8. The molecule has 4 heteroatoms. The Kier molecular flexibility index (Phi) is 6.09. The topological polar surface area (TPSA) is 58.6 Å². The number of carbonyl (C=O) groups is 1. The minimum absolute atomic E-state index is 0.210. The maximum atomic E-state index is 12.9. The van der Waals surface area contributed by atoms with Crippen molar-refractivity contribution in [3.05, 3.63) is 65.7 Å². The van der Waals surface area contributed by atoms with Crippen molar-refractivity contribution in [3.63, 3.8) is 0 Å². The molecule has 0 heterocycles. The van der Waals surface area contributed by atoms with Gasteiger partial charge < -0.3 is 9.84 Å². The standard InChI is InChI=1S/C22H29NO3/c1-21(2,3)23-19(15-16-11-13-18(24)14-12-16)20(25)26-22(4,5)17-9-7-6-8-10-17/h6-14,19,23-24H,15H2,1-5H3/t19-/m0/s1. The summed E-state index contributed by atoms with van der Waals surface area (Å²) in [6.07, 6.45) is 0.487. The number of phenols is 1. The Balaban J connectivity index is 2.18. The molecule has 0 saturated heterocycles. The van der Waals surface area contributed by atoms with E-state index in [4.69, 9.17) is 4.74 Å². The zero-order chi connectivity index (χ0) is 19.4. The molecule has 0 bridgehead atoms. The van der Waals surface area contributed by atoms with E-state index in [1.165, 1.54) is 0 Å². The zero-order valence-electron chi connectivity index (χ0n) is 16.2. The van der Waals surface area contributed by atoms with Gasteiger partial charge >= 0.3 is 5.97 Å². The van der Waals surface area contributed by atoms with E-state index in [0.29, 0.717) is 6.42 Å². The van der Waals surface area contributed by atoms with Crippen LogP contribution in [0.2, 0.25) is 0 Å². The summed E-state index contributed by atoms with van der Waals surface area (Å²) in [7, 11) is 0. The average Bonchev–Trinajstić information content (AvgIpc) is 2.55. The lowest BCUT2D eigenvalue weighted by Crippen LogP contribution is -2.50. The van der Waals surface area contributed by atoms with Crippen LogP contribution in [0.25, 0.3) is 0 Å². The van der Waals surface area contributed by atoms with Crippen molar-refractivity contribution in [3.8, 4) is 5.75 Å². The van der Waals surface area contributed by atoms with E-state index in [-0.39, 0.29) is 17.3 Å². The van der Waals surface area contributed by atoms with Crippen LogP contribution in [-0.4, -0.2) is 22.7 Å². The van der Waals surface area contributed by atoms with Crippen LogP contribution in [0, 0.1) is 0 Å². The molecule has 0 radical (unpaired) electrons. The summed E-state index contributed by atoms with van der Waals surface area (Å²) in [6, 6.07) is 16.1. The zero-order valence-corrected chi connectivity index (χ0v) is 16.2. The van der Waals surface area contributed by atoms with Gasteiger partial charge in [-0.1, -0.05) is 42.5 Å². The van der Waals surface area contributed by atoms with Crippen molar-refractivity contribution in [2.45, 2.75) is 58.2 Å². The molecular formula is C22H29NO3. The van der Waals surface area contributed by atoms with Gasteiger partial charge in [0.2, 0.25) is 0 Å². The Morgan fingerprint density at radius 3 is 2.12 bits per heavy atom. The third-order valence-electron chi connectivity index (χ3n) is 4.09. The van der Waals surface area contributed by atoms with Gasteiger partial charge in [0.15, 0.2) is 0 Å². The molecule has 4 nitrogen and oxygen atoms in total. The van der Waals surface area contributed by atoms with E-state index in [0.717, 1.165) is 11.1 Å². The Morgan fingerprint density at radius 1 is 1.00 bits per heavy atom. The van der Waals surface area contributed by atoms with E-state index in [2.05, 4.69) is 5.32 Å². The summed E-state index contributed by atoms with van der Waals surface area (Å²) in [5.41, 5.74) is 0.953.